The molecule has 0 atom stereocenters. The number of hydrogen-bond acceptors (Lipinski definition) is 3. The predicted molar refractivity (Wildman–Crippen MR) is 75.6 cm³/mol. The highest BCUT2D eigenvalue weighted by Crippen LogP contribution is 2.25. The fourth-order valence-electron chi connectivity index (χ4n) is 1.66. The molecule has 19 heavy (non-hydrogen) atoms. The fraction of sp³-hybridized carbons (Fsp3) is 0.286. The number of nitrogens with one attached hydrogen (secondary N) is 1. The lowest BCUT2D eigenvalue weighted by atomic mass is 10.2. The highest BCUT2D eigenvalue weighted by molar-refractivity contribution is 6.30. The molecule has 0 spiro atoms. The molecule has 1 aromatic heterocycles. The molecule has 0 unspecified atom stereocenters. The topological polar surface area (TPSA) is 37.8 Å². The van der Waals surface area contributed by atoms with Crippen LogP contribution in [-0.4, -0.2) is 9.97 Å². The first-order valence-electron chi connectivity index (χ1n) is 6.07. The third-order valence-electron chi connectivity index (χ3n) is 2.83. The number of aromatic nitrogens is 2. The molecule has 0 bridgehead atoms. The molecule has 3 nitrogen and oxygen atoms in total. The van der Waals surface area contributed by atoms with E-state index >= 15 is 0 Å². The summed E-state index contributed by atoms with van der Waals surface area (Å²) in [6, 6.07) is 5.00. The first-order chi connectivity index (χ1) is 9.01. The summed E-state index contributed by atoms with van der Waals surface area (Å²) in [7, 11) is 0. The number of rotatable bonds is 3. The minimum absolute atomic E-state index is 0.313. The molecular weight excluding hydrogens is 265 g/mol. The molecule has 0 aliphatic carbocycles. The van der Waals surface area contributed by atoms with Crippen molar-refractivity contribution in [3.05, 3.63) is 46.1 Å². The van der Waals surface area contributed by atoms with E-state index in [0.717, 1.165) is 5.56 Å². The van der Waals surface area contributed by atoms with Gasteiger partial charge < -0.3 is 5.32 Å². The van der Waals surface area contributed by atoms with Gasteiger partial charge in [-0.3, -0.25) is 0 Å². The van der Waals surface area contributed by atoms with Gasteiger partial charge in [0.05, 0.1) is 5.69 Å². The standard InChI is InChI=1S/C14H15ClFN3/c1-4-12-18-13(15)9(3)14(19-12)17-11-6-5-8(2)7-10(11)16/h5-7H,4H2,1-3H3,(H,17,18,19). The molecule has 2 aromatic rings. The number of anilines is 2. The zero-order chi connectivity index (χ0) is 14.0. The van der Waals surface area contributed by atoms with E-state index in [-0.39, 0.29) is 5.82 Å². The zero-order valence-corrected chi connectivity index (χ0v) is 11.8. The van der Waals surface area contributed by atoms with E-state index in [1.165, 1.54) is 6.07 Å². The third kappa shape index (κ3) is 3.01. The maximum Gasteiger partial charge on any atom is 0.146 e. The van der Waals surface area contributed by atoms with Crippen LogP contribution in [0, 0.1) is 19.7 Å². The van der Waals surface area contributed by atoms with Crippen molar-refractivity contribution >= 4 is 23.1 Å². The van der Waals surface area contributed by atoms with Crippen molar-refractivity contribution < 1.29 is 4.39 Å². The highest BCUT2D eigenvalue weighted by atomic mass is 35.5. The Labute approximate surface area is 116 Å². The van der Waals surface area contributed by atoms with Gasteiger partial charge in [0, 0.05) is 12.0 Å². The normalized spacial score (nSPS) is 10.6. The molecule has 1 heterocycles. The molecule has 2 rings (SSSR count). The Morgan fingerprint density at radius 1 is 1.26 bits per heavy atom. The highest BCUT2D eigenvalue weighted by Gasteiger charge is 2.10. The van der Waals surface area contributed by atoms with Crippen LogP contribution in [-0.2, 0) is 6.42 Å². The van der Waals surface area contributed by atoms with Crippen LogP contribution in [0.2, 0.25) is 5.15 Å². The zero-order valence-electron chi connectivity index (χ0n) is 11.1. The van der Waals surface area contributed by atoms with Crippen molar-refractivity contribution in [3.8, 4) is 0 Å². The van der Waals surface area contributed by atoms with Crippen LogP contribution in [0.5, 0.6) is 0 Å². The lowest BCUT2D eigenvalue weighted by Crippen LogP contribution is -2.04. The molecule has 0 amide bonds. The van der Waals surface area contributed by atoms with Crippen molar-refractivity contribution in [1.29, 1.82) is 0 Å². The molecule has 1 N–H and O–H groups in total. The number of hydrogen-bond donors (Lipinski definition) is 1. The van der Waals surface area contributed by atoms with Crippen LogP contribution in [0.3, 0.4) is 0 Å². The Morgan fingerprint density at radius 3 is 2.63 bits per heavy atom. The van der Waals surface area contributed by atoms with Gasteiger partial charge in [0.25, 0.3) is 0 Å². The van der Waals surface area contributed by atoms with Crippen LogP contribution in [0.4, 0.5) is 15.9 Å². The van der Waals surface area contributed by atoms with Gasteiger partial charge >= 0.3 is 0 Å². The summed E-state index contributed by atoms with van der Waals surface area (Å²) >= 11 is 6.04. The predicted octanol–water partition coefficient (Wildman–Crippen LogP) is 4.19. The molecule has 1 aromatic carbocycles. The van der Waals surface area contributed by atoms with E-state index < -0.39 is 0 Å². The van der Waals surface area contributed by atoms with Gasteiger partial charge in [0.2, 0.25) is 0 Å². The summed E-state index contributed by atoms with van der Waals surface area (Å²) in [5, 5.41) is 3.36. The van der Waals surface area contributed by atoms with Gasteiger partial charge in [-0.2, -0.15) is 0 Å². The minimum Gasteiger partial charge on any atom is -0.337 e. The number of halogens is 2. The summed E-state index contributed by atoms with van der Waals surface area (Å²) in [5.41, 5.74) is 1.96. The van der Waals surface area contributed by atoms with Gasteiger partial charge in [-0.1, -0.05) is 24.6 Å². The van der Waals surface area contributed by atoms with E-state index in [2.05, 4.69) is 15.3 Å². The van der Waals surface area contributed by atoms with Gasteiger partial charge in [0.1, 0.15) is 22.6 Å². The summed E-state index contributed by atoms with van der Waals surface area (Å²) in [6.45, 7) is 5.59. The lowest BCUT2D eigenvalue weighted by molar-refractivity contribution is 0.630. The van der Waals surface area contributed by atoms with E-state index in [9.17, 15) is 4.39 Å². The van der Waals surface area contributed by atoms with Crippen molar-refractivity contribution in [3.63, 3.8) is 0 Å². The van der Waals surface area contributed by atoms with Crippen LogP contribution in [0.1, 0.15) is 23.9 Å². The molecule has 0 aliphatic rings. The monoisotopic (exact) mass is 279 g/mol. The molecular formula is C14H15ClFN3. The van der Waals surface area contributed by atoms with Crippen molar-refractivity contribution in [2.75, 3.05) is 5.32 Å². The smallest absolute Gasteiger partial charge is 0.146 e. The van der Waals surface area contributed by atoms with Crippen LogP contribution < -0.4 is 5.32 Å². The summed E-state index contributed by atoms with van der Waals surface area (Å²) in [4.78, 5) is 8.49. The van der Waals surface area contributed by atoms with Gasteiger partial charge in [-0.25, -0.2) is 14.4 Å². The minimum atomic E-state index is -0.313. The fourth-order valence-corrected chi connectivity index (χ4v) is 1.85. The maximum absolute atomic E-state index is 13.8. The molecule has 0 aliphatic heterocycles. The molecule has 0 saturated heterocycles. The second-order valence-corrected chi connectivity index (χ2v) is 4.72. The summed E-state index contributed by atoms with van der Waals surface area (Å²) in [5.74, 6) is 0.859. The number of benzene rings is 1. The first kappa shape index (κ1) is 13.7. The van der Waals surface area contributed by atoms with Gasteiger partial charge in [0.15, 0.2) is 0 Å². The Hall–Kier alpha value is -1.68. The average Bonchev–Trinajstić information content (AvgIpc) is 2.37. The number of aryl methyl sites for hydroxylation is 2. The number of nitrogens with zero attached hydrogens (tertiary/aromatic N) is 2. The second kappa shape index (κ2) is 5.53. The van der Waals surface area contributed by atoms with Crippen molar-refractivity contribution in [1.82, 2.24) is 9.97 Å². The Morgan fingerprint density at radius 2 is 2.00 bits per heavy atom. The Kier molecular flexibility index (Phi) is 4.00. The second-order valence-electron chi connectivity index (χ2n) is 4.37. The van der Waals surface area contributed by atoms with E-state index in [1.54, 1.807) is 13.0 Å². The quantitative estimate of drug-likeness (QED) is 0.856. The van der Waals surface area contributed by atoms with Crippen LogP contribution in [0.25, 0.3) is 0 Å². The van der Waals surface area contributed by atoms with E-state index in [1.807, 2.05) is 19.9 Å². The molecule has 0 fully saturated rings. The lowest BCUT2D eigenvalue weighted by Gasteiger charge is -2.12. The third-order valence-corrected chi connectivity index (χ3v) is 3.19. The largest absolute Gasteiger partial charge is 0.337 e. The summed E-state index contributed by atoms with van der Waals surface area (Å²) < 4.78 is 13.8. The average molecular weight is 280 g/mol. The SMILES string of the molecule is CCc1nc(Cl)c(C)c(Nc2ccc(C)cc2F)n1. The van der Waals surface area contributed by atoms with Gasteiger partial charge in [-0.15, -0.1) is 0 Å². The van der Waals surface area contributed by atoms with Crippen LogP contribution in [0.15, 0.2) is 18.2 Å². The molecule has 100 valence electrons. The van der Waals surface area contributed by atoms with E-state index in [0.29, 0.717) is 34.5 Å². The summed E-state index contributed by atoms with van der Waals surface area (Å²) in [6.07, 6.45) is 0.672. The Balaban J connectivity index is 2.40. The van der Waals surface area contributed by atoms with Crippen molar-refractivity contribution in [2.45, 2.75) is 27.2 Å². The Bertz CT molecular complexity index is 614. The molecule has 0 saturated carbocycles. The van der Waals surface area contributed by atoms with Crippen LogP contribution >= 0.6 is 11.6 Å². The first-order valence-corrected chi connectivity index (χ1v) is 6.45. The maximum atomic E-state index is 13.8. The van der Waals surface area contributed by atoms with Gasteiger partial charge in [-0.05, 0) is 31.5 Å². The molecule has 5 heteroatoms. The molecule has 0 radical (unpaired) electrons. The van der Waals surface area contributed by atoms with E-state index in [4.69, 9.17) is 11.6 Å². The van der Waals surface area contributed by atoms with Crippen molar-refractivity contribution in [2.24, 2.45) is 0 Å².